The smallest absolute Gasteiger partial charge is 0.245 e. The Labute approximate surface area is 144 Å². The molecule has 0 aromatic heterocycles. The van der Waals surface area contributed by atoms with E-state index in [1.54, 1.807) is 14.0 Å². The maximum Gasteiger partial charge on any atom is 0.245 e. The zero-order valence-electron chi connectivity index (χ0n) is 14.9. The van der Waals surface area contributed by atoms with Gasteiger partial charge < -0.3 is 15.1 Å². The first-order valence-electron chi connectivity index (χ1n) is 8.34. The van der Waals surface area contributed by atoms with Crippen molar-refractivity contribution >= 4 is 18.2 Å². The first kappa shape index (κ1) is 20.0. The molecule has 1 aliphatic heterocycles. The third kappa shape index (κ3) is 7.01. The number of nitrogens with one attached hydrogen (secondary N) is 1. The van der Waals surface area contributed by atoms with Gasteiger partial charge in [-0.1, -0.05) is 11.8 Å². The molecule has 0 spiro atoms. The second-order valence-corrected chi connectivity index (χ2v) is 6.03. The van der Waals surface area contributed by atoms with Gasteiger partial charge in [0.1, 0.15) is 6.04 Å². The van der Waals surface area contributed by atoms with Gasteiger partial charge in [-0.3, -0.25) is 19.3 Å². The number of nitrogens with zero attached hydrogens (tertiary/aromatic N) is 3. The van der Waals surface area contributed by atoms with Gasteiger partial charge in [0.05, 0.1) is 13.1 Å². The van der Waals surface area contributed by atoms with Crippen molar-refractivity contribution in [3.05, 3.63) is 0 Å². The highest BCUT2D eigenvalue weighted by molar-refractivity contribution is 5.83. The molecule has 1 rings (SSSR count). The van der Waals surface area contributed by atoms with Gasteiger partial charge in [-0.25, -0.2) is 0 Å². The van der Waals surface area contributed by atoms with E-state index >= 15 is 0 Å². The Hall–Kier alpha value is -2.07. The second-order valence-electron chi connectivity index (χ2n) is 6.03. The van der Waals surface area contributed by atoms with E-state index in [9.17, 15) is 14.4 Å². The van der Waals surface area contributed by atoms with Crippen LogP contribution in [0.25, 0.3) is 0 Å². The number of amides is 3. The summed E-state index contributed by atoms with van der Waals surface area (Å²) in [4.78, 5) is 39.6. The predicted molar refractivity (Wildman–Crippen MR) is 92.0 cm³/mol. The molecule has 1 heterocycles. The van der Waals surface area contributed by atoms with Crippen LogP contribution < -0.4 is 5.32 Å². The van der Waals surface area contributed by atoms with Gasteiger partial charge in [0.25, 0.3) is 0 Å². The Morgan fingerprint density at radius 2 is 1.96 bits per heavy atom. The number of carbonyl (C=O) groups excluding carboxylic acids is 3. The van der Waals surface area contributed by atoms with E-state index in [0.29, 0.717) is 26.0 Å². The molecule has 0 bridgehead atoms. The lowest BCUT2D eigenvalue weighted by Gasteiger charge is -2.27. The number of likely N-dealkylation sites (tertiary alicyclic amines) is 1. The van der Waals surface area contributed by atoms with E-state index < -0.39 is 6.04 Å². The largest absolute Gasteiger partial charge is 0.355 e. The molecule has 1 unspecified atom stereocenters. The highest BCUT2D eigenvalue weighted by Gasteiger charge is 2.22. The molecule has 3 amide bonds. The molecule has 1 fully saturated rings. The van der Waals surface area contributed by atoms with Crippen LogP contribution in [0.15, 0.2) is 0 Å². The van der Waals surface area contributed by atoms with E-state index in [1.807, 2.05) is 0 Å². The molecule has 1 atom stereocenters. The average Bonchev–Trinajstić information content (AvgIpc) is 3.07. The Morgan fingerprint density at radius 1 is 1.29 bits per heavy atom. The van der Waals surface area contributed by atoms with Crippen molar-refractivity contribution in [1.29, 1.82) is 0 Å². The fourth-order valence-electron chi connectivity index (χ4n) is 2.52. The molecule has 7 nitrogen and oxygen atoms in total. The van der Waals surface area contributed by atoms with Crippen LogP contribution in [-0.4, -0.2) is 85.3 Å². The van der Waals surface area contributed by atoms with Crippen LogP contribution in [0.5, 0.6) is 0 Å². The van der Waals surface area contributed by atoms with Gasteiger partial charge >= 0.3 is 0 Å². The van der Waals surface area contributed by atoms with E-state index in [1.165, 1.54) is 29.6 Å². The molecule has 0 radical (unpaired) electrons. The SMILES string of the molecule is CC(=O)NCCN(C=O)C(C)C(=O)N(C)CC#CCN1CCCC1. The van der Waals surface area contributed by atoms with Crippen molar-refractivity contribution in [1.82, 2.24) is 20.0 Å². The van der Waals surface area contributed by atoms with Gasteiger partial charge in [0.15, 0.2) is 0 Å². The van der Waals surface area contributed by atoms with E-state index in [-0.39, 0.29) is 11.8 Å². The summed E-state index contributed by atoms with van der Waals surface area (Å²) in [5, 5.41) is 2.61. The van der Waals surface area contributed by atoms with Gasteiger partial charge in [-0.15, -0.1) is 0 Å². The van der Waals surface area contributed by atoms with Crippen LogP contribution in [0.2, 0.25) is 0 Å². The molecular formula is C17H28N4O3. The summed E-state index contributed by atoms with van der Waals surface area (Å²) in [7, 11) is 1.68. The standard InChI is InChI=1S/C17H28N4O3/c1-15(21(14-22)13-8-18-16(2)23)17(24)19(3)9-4-5-10-20-11-6-7-12-20/h14-15H,6-13H2,1-3H3,(H,18,23). The molecule has 7 heteroatoms. The Balaban J connectivity index is 2.39. The predicted octanol–water partition coefficient (Wildman–Crippen LogP) is -0.473. The Kier molecular flexibility index (Phi) is 8.87. The zero-order valence-corrected chi connectivity index (χ0v) is 14.9. The lowest BCUT2D eigenvalue weighted by molar-refractivity contribution is -0.138. The van der Waals surface area contributed by atoms with Gasteiger partial charge in [0.2, 0.25) is 18.2 Å². The van der Waals surface area contributed by atoms with Crippen LogP contribution in [0.3, 0.4) is 0 Å². The first-order valence-corrected chi connectivity index (χ1v) is 8.34. The highest BCUT2D eigenvalue weighted by atomic mass is 16.2. The number of carbonyl (C=O) groups is 3. The molecule has 24 heavy (non-hydrogen) atoms. The molecule has 0 aromatic carbocycles. The summed E-state index contributed by atoms with van der Waals surface area (Å²) in [5.41, 5.74) is 0. The minimum absolute atomic E-state index is 0.162. The fourth-order valence-corrected chi connectivity index (χ4v) is 2.52. The maximum absolute atomic E-state index is 12.4. The molecule has 0 saturated carbocycles. The normalized spacial score (nSPS) is 15.1. The summed E-state index contributed by atoms with van der Waals surface area (Å²) in [6, 6.07) is -0.582. The van der Waals surface area contributed by atoms with Crippen LogP contribution in [0, 0.1) is 11.8 Å². The monoisotopic (exact) mass is 336 g/mol. The molecule has 1 aliphatic rings. The van der Waals surface area contributed by atoms with Crippen molar-refractivity contribution in [3.63, 3.8) is 0 Å². The van der Waals surface area contributed by atoms with Crippen molar-refractivity contribution in [2.45, 2.75) is 32.7 Å². The van der Waals surface area contributed by atoms with Crippen LogP contribution >= 0.6 is 0 Å². The second kappa shape index (κ2) is 10.7. The van der Waals surface area contributed by atoms with Crippen LogP contribution in [0.4, 0.5) is 0 Å². The third-order valence-electron chi connectivity index (χ3n) is 4.05. The summed E-state index contributed by atoms with van der Waals surface area (Å²) in [5.74, 6) is 5.78. The summed E-state index contributed by atoms with van der Waals surface area (Å²) >= 11 is 0. The Morgan fingerprint density at radius 3 is 2.54 bits per heavy atom. The minimum atomic E-state index is -0.582. The van der Waals surface area contributed by atoms with Gasteiger partial charge in [-0.05, 0) is 32.9 Å². The lowest BCUT2D eigenvalue weighted by atomic mass is 10.2. The van der Waals surface area contributed by atoms with E-state index in [4.69, 9.17) is 0 Å². The van der Waals surface area contributed by atoms with Crippen LogP contribution in [-0.2, 0) is 14.4 Å². The highest BCUT2D eigenvalue weighted by Crippen LogP contribution is 2.05. The first-order chi connectivity index (χ1) is 11.5. The molecule has 134 valence electrons. The summed E-state index contributed by atoms with van der Waals surface area (Å²) in [6.45, 7) is 7.00. The van der Waals surface area contributed by atoms with Gasteiger partial charge in [0, 0.05) is 27.1 Å². The van der Waals surface area contributed by atoms with E-state index in [0.717, 1.165) is 19.6 Å². The maximum atomic E-state index is 12.4. The fraction of sp³-hybridized carbons (Fsp3) is 0.706. The van der Waals surface area contributed by atoms with E-state index in [2.05, 4.69) is 22.1 Å². The van der Waals surface area contributed by atoms with Crippen molar-refractivity contribution in [2.75, 3.05) is 46.3 Å². The average molecular weight is 336 g/mol. The third-order valence-corrected chi connectivity index (χ3v) is 4.05. The quantitative estimate of drug-likeness (QED) is 0.480. The number of likely N-dealkylation sites (N-methyl/N-ethyl adjacent to an activating group) is 1. The van der Waals surface area contributed by atoms with Crippen molar-refractivity contribution in [3.8, 4) is 11.8 Å². The van der Waals surface area contributed by atoms with Crippen molar-refractivity contribution in [2.24, 2.45) is 0 Å². The topological polar surface area (TPSA) is 73.0 Å². The number of hydrogen-bond donors (Lipinski definition) is 1. The molecule has 0 aliphatic carbocycles. The number of hydrogen-bond acceptors (Lipinski definition) is 4. The molecular weight excluding hydrogens is 308 g/mol. The Bertz CT molecular complexity index is 492. The van der Waals surface area contributed by atoms with Crippen molar-refractivity contribution < 1.29 is 14.4 Å². The zero-order chi connectivity index (χ0) is 17.9. The summed E-state index contributed by atoms with van der Waals surface area (Å²) in [6.07, 6.45) is 3.10. The minimum Gasteiger partial charge on any atom is -0.355 e. The summed E-state index contributed by atoms with van der Waals surface area (Å²) < 4.78 is 0. The van der Waals surface area contributed by atoms with Gasteiger partial charge in [-0.2, -0.15) is 0 Å². The van der Waals surface area contributed by atoms with Crippen LogP contribution in [0.1, 0.15) is 26.7 Å². The molecule has 1 saturated heterocycles. The number of rotatable bonds is 8. The lowest BCUT2D eigenvalue weighted by Crippen LogP contribution is -2.47. The molecule has 1 N–H and O–H groups in total. The molecule has 0 aromatic rings.